The molecule has 0 aliphatic carbocycles. The number of anilines is 1. The Labute approximate surface area is 175 Å². The summed E-state index contributed by atoms with van der Waals surface area (Å²) in [4.78, 5) is 35.5. The summed E-state index contributed by atoms with van der Waals surface area (Å²) in [7, 11) is 2.12. The molecule has 1 heterocycles. The Kier molecular flexibility index (Phi) is 8.52. The molecule has 0 saturated carbocycles. The van der Waals surface area contributed by atoms with Crippen molar-refractivity contribution in [2.24, 2.45) is 0 Å². The number of nitrogens with zero attached hydrogens (tertiary/aromatic N) is 2. The molecular formula is C22H27N3O5. The summed E-state index contributed by atoms with van der Waals surface area (Å²) in [6.45, 7) is 5.89. The van der Waals surface area contributed by atoms with E-state index in [9.17, 15) is 4.79 Å². The van der Waals surface area contributed by atoms with Gasteiger partial charge < -0.3 is 20.4 Å². The second-order valence-corrected chi connectivity index (χ2v) is 7.03. The van der Waals surface area contributed by atoms with Crippen LogP contribution in [0.3, 0.4) is 0 Å². The van der Waals surface area contributed by atoms with E-state index in [1.807, 2.05) is 49.4 Å². The first-order valence-corrected chi connectivity index (χ1v) is 9.63. The van der Waals surface area contributed by atoms with Gasteiger partial charge in [0.2, 0.25) is 5.91 Å². The topological polar surface area (TPSA) is 110 Å². The van der Waals surface area contributed by atoms with Gasteiger partial charge in [0.15, 0.2) is 0 Å². The lowest BCUT2D eigenvalue weighted by atomic mass is 10.0. The quantitative estimate of drug-likeness (QED) is 0.658. The first-order chi connectivity index (χ1) is 14.3. The molecule has 0 radical (unpaired) electrons. The highest BCUT2D eigenvalue weighted by Gasteiger charge is 2.24. The van der Waals surface area contributed by atoms with Crippen LogP contribution < -0.4 is 5.32 Å². The molecule has 2 aromatic rings. The first-order valence-electron chi connectivity index (χ1n) is 9.63. The third-order valence-electron chi connectivity index (χ3n) is 4.92. The molecule has 1 fully saturated rings. The van der Waals surface area contributed by atoms with Crippen LogP contribution in [0.5, 0.6) is 0 Å². The van der Waals surface area contributed by atoms with Crippen molar-refractivity contribution in [1.29, 1.82) is 0 Å². The van der Waals surface area contributed by atoms with Crippen LogP contribution in [-0.2, 0) is 14.4 Å². The van der Waals surface area contributed by atoms with Gasteiger partial charge in [-0.2, -0.15) is 0 Å². The number of likely N-dealkylation sites (N-methyl/N-ethyl adjacent to an activating group) is 1. The zero-order chi connectivity index (χ0) is 22.1. The minimum Gasteiger partial charge on any atom is -0.473 e. The SMILES string of the molecule is CC(C(=O)Nc1ccccc1-c1ccccc1)N1CCN(C)CC1.O=C(O)C(=O)O. The average Bonchev–Trinajstić information content (AvgIpc) is 2.75. The van der Waals surface area contributed by atoms with Crippen molar-refractivity contribution in [2.75, 3.05) is 38.5 Å². The molecule has 0 bridgehead atoms. The maximum absolute atomic E-state index is 12.7. The average molecular weight is 413 g/mol. The molecule has 0 aromatic heterocycles. The number of para-hydroxylation sites is 1. The Morgan fingerprint density at radius 3 is 1.97 bits per heavy atom. The van der Waals surface area contributed by atoms with Crippen molar-refractivity contribution < 1.29 is 24.6 Å². The summed E-state index contributed by atoms with van der Waals surface area (Å²) >= 11 is 0. The maximum atomic E-state index is 12.7. The van der Waals surface area contributed by atoms with Crippen LogP contribution in [0, 0.1) is 0 Å². The fourth-order valence-electron chi connectivity index (χ4n) is 3.07. The van der Waals surface area contributed by atoms with E-state index < -0.39 is 11.9 Å². The zero-order valence-electron chi connectivity index (χ0n) is 17.1. The van der Waals surface area contributed by atoms with E-state index in [2.05, 4.69) is 34.3 Å². The lowest BCUT2D eigenvalue weighted by molar-refractivity contribution is -0.159. The number of carboxylic acids is 2. The predicted octanol–water partition coefficient (Wildman–Crippen LogP) is 2.08. The minimum absolute atomic E-state index is 0.0583. The number of hydrogen-bond acceptors (Lipinski definition) is 5. The van der Waals surface area contributed by atoms with E-state index >= 15 is 0 Å². The van der Waals surface area contributed by atoms with E-state index in [-0.39, 0.29) is 11.9 Å². The molecule has 1 amide bonds. The van der Waals surface area contributed by atoms with Crippen LogP contribution in [0.15, 0.2) is 54.6 Å². The van der Waals surface area contributed by atoms with E-state index in [0.29, 0.717) is 0 Å². The highest BCUT2D eigenvalue weighted by atomic mass is 16.4. The third kappa shape index (κ3) is 6.68. The molecule has 8 heteroatoms. The van der Waals surface area contributed by atoms with Crippen LogP contribution in [0.25, 0.3) is 11.1 Å². The number of benzene rings is 2. The summed E-state index contributed by atoms with van der Waals surface area (Å²) < 4.78 is 0. The number of carboxylic acid groups (broad SMARTS) is 2. The number of hydrogen-bond donors (Lipinski definition) is 3. The Bertz CT molecular complexity index is 852. The number of amides is 1. The number of carbonyl (C=O) groups is 3. The first kappa shape index (κ1) is 23.1. The predicted molar refractivity (Wildman–Crippen MR) is 114 cm³/mol. The second kappa shape index (κ2) is 11.1. The number of carbonyl (C=O) groups excluding carboxylic acids is 1. The van der Waals surface area contributed by atoms with Crippen molar-refractivity contribution in [2.45, 2.75) is 13.0 Å². The van der Waals surface area contributed by atoms with Crippen LogP contribution in [0.2, 0.25) is 0 Å². The largest absolute Gasteiger partial charge is 0.473 e. The molecule has 3 N–H and O–H groups in total. The summed E-state index contributed by atoms with van der Waals surface area (Å²) in [5, 5.41) is 17.9. The summed E-state index contributed by atoms with van der Waals surface area (Å²) in [6.07, 6.45) is 0. The van der Waals surface area contributed by atoms with Gasteiger partial charge >= 0.3 is 11.9 Å². The smallest absolute Gasteiger partial charge is 0.414 e. The fraction of sp³-hybridized carbons (Fsp3) is 0.318. The number of nitrogens with one attached hydrogen (secondary N) is 1. The van der Waals surface area contributed by atoms with Gasteiger partial charge in [0.05, 0.1) is 6.04 Å². The third-order valence-corrected chi connectivity index (χ3v) is 4.92. The molecule has 2 aromatic carbocycles. The summed E-state index contributed by atoms with van der Waals surface area (Å²) in [5.41, 5.74) is 3.03. The minimum atomic E-state index is -1.82. The highest BCUT2D eigenvalue weighted by Crippen LogP contribution is 2.27. The molecule has 1 saturated heterocycles. The number of rotatable bonds is 4. The Morgan fingerprint density at radius 1 is 0.867 bits per heavy atom. The van der Waals surface area contributed by atoms with Crippen LogP contribution >= 0.6 is 0 Å². The van der Waals surface area contributed by atoms with Crippen molar-refractivity contribution in [3.05, 3.63) is 54.6 Å². The molecule has 160 valence electrons. The van der Waals surface area contributed by atoms with Crippen molar-refractivity contribution in [3.63, 3.8) is 0 Å². The monoisotopic (exact) mass is 413 g/mol. The van der Waals surface area contributed by atoms with Gasteiger partial charge in [-0.3, -0.25) is 9.69 Å². The van der Waals surface area contributed by atoms with E-state index in [1.54, 1.807) is 0 Å². The van der Waals surface area contributed by atoms with Gasteiger partial charge in [-0.25, -0.2) is 9.59 Å². The molecular weight excluding hydrogens is 386 g/mol. The van der Waals surface area contributed by atoms with Crippen LogP contribution in [0.1, 0.15) is 6.92 Å². The van der Waals surface area contributed by atoms with Gasteiger partial charge in [0.1, 0.15) is 0 Å². The molecule has 30 heavy (non-hydrogen) atoms. The Hall–Kier alpha value is -3.23. The van der Waals surface area contributed by atoms with Gasteiger partial charge in [-0.15, -0.1) is 0 Å². The molecule has 0 spiro atoms. The molecule has 1 unspecified atom stereocenters. The molecule has 3 rings (SSSR count). The second-order valence-electron chi connectivity index (χ2n) is 7.03. The van der Waals surface area contributed by atoms with Crippen molar-refractivity contribution in [3.8, 4) is 11.1 Å². The van der Waals surface area contributed by atoms with E-state index in [1.165, 1.54) is 0 Å². The Balaban J connectivity index is 0.000000469. The molecule has 8 nitrogen and oxygen atoms in total. The van der Waals surface area contributed by atoms with E-state index in [4.69, 9.17) is 19.8 Å². The van der Waals surface area contributed by atoms with Gasteiger partial charge in [0.25, 0.3) is 0 Å². The Morgan fingerprint density at radius 2 is 1.40 bits per heavy atom. The lowest BCUT2D eigenvalue weighted by Gasteiger charge is -2.35. The van der Waals surface area contributed by atoms with Crippen LogP contribution in [-0.4, -0.2) is 77.1 Å². The summed E-state index contributed by atoms with van der Waals surface area (Å²) in [6, 6.07) is 18.0. The van der Waals surface area contributed by atoms with Crippen molar-refractivity contribution >= 4 is 23.5 Å². The highest BCUT2D eigenvalue weighted by molar-refractivity contribution is 6.27. The van der Waals surface area contributed by atoms with Crippen molar-refractivity contribution in [1.82, 2.24) is 9.80 Å². The van der Waals surface area contributed by atoms with Gasteiger partial charge in [-0.05, 0) is 25.6 Å². The van der Waals surface area contributed by atoms with E-state index in [0.717, 1.165) is 43.0 Å². The maximum Gasteiger partial charge on any atom is 0.414 e. The normalized spacial score (nSPS) is 15.4. The molecule has 1 aliphatic rings. The van der Waals surface area contributed by atoms with Gasteiger partial charge in [0, 0.05) is 37.4 Å². The number of aliphatic carboxylic acids is 2. The lowest BCUT2D eigenvalue weighted by Crippen LogP contribution is -2.51. The fourth-order valence-corrected chi connectivity index (χ4v) is 3.07. The standard InChI is InChI=1S/C20H25N3O.C2H2O4/c1-16(23-14-12-22(2)13-15-23)20(24)21-19-11-7-6-10-18(19)17-8-4-3-5-9-17;3-1(4)2(5)6/h3-11,16H,12-15H2,1-2H3,(H,21,24);(H,3,4)(H,5,6). The molecule has 1 atom stereocenters. The van der Waals surface area contributed by atoms with Crippen LogP contribution in [0.4, 0.5) is 5.69 Å². The summed E-state index contributed by atoms with van der Waals surface area (Å²) in [5.74, 6) is -3.59. The molecule has 1 aliphatic heterocycles. The number of piperazine rings is 1. The van der Waals surface area contributed by atoms with Gasteiger partial charge in [-0.1, -0.05) is 48.5 Å². The zero-order valence-corrected chi connectivity index (χ0v) is 17.1.